The molecule has 310 valence electrons. The molecule has 1 aromatic heterocycles. The van der Waals surface area contributed by atoms with Gasteiger partial charge in [-0.3, -0.25) is 14.6 Å². The standard InChI is InChI=1S/C19H20N2O4.C19H18N2O4.CBrCl3.CH2Cl2/c2*1-25-17-8-13(7-14(10-22)15(17)11-23)18(24)16-9-20-19(21-16)12-5-3-2-4-6-12;2-1(3,4)5;2-1-3/h2-8,16,22-23H,9-11H2,1H3,(H,20,21);2-9,22-23H,10-11H2,1H3,(H,20,21);;1H2. The maximum Gasteiger partial charge on any atom is 0.245 e. The van der Waals surface area contributed by atoms with Crippen molar-refractivity contribution < 1.29 is 39.5 Å². The number of imidazole rings is 1. The maximum absolute atomic E-state index is 12.8. The van der Waals surface area contributed by atoms with E-state index < -0.39 is 8.74 Å². The highest BCUT2D eigenvalue weighted by Gasteiger charge is 2.27. The summed E-state index contributed by atoms with van der Waals surface area (Å²) in [5.41, 5.74) is 4.80. The van der Waals surface area contributed by atoms with Crippen LogP contribution in [0.5, 0.6) is 11.5 Å². The lowest BCUT2D eigenvalue weighted by atomic mass is 9.98. The molecular formula is C40H40BrCl5N4O8. The van der Waals surface area contributed by atoms with E-state index >= 15 is 0 Å². The largest absolute Gasteiger partial charge is 0.496 e. The molecule has 12 nitrogen and oxygen atoms in total. The summed E-state index contributed by atoms with van der Waals surface area (Å²) in [6.07, 6.45) is 1.48. The summed E-state index contributed by atoms with van der Waals surface area (Å²) in [4.78, 5) is 37.3. The second-order valence-corrected chi connectivity index (χ2v) is 17.4. The topological polar surface area (TPSA) is 187 Å². The number of rotatable bonds is 12. The number of hydrogen-bond donors (Lipinski definition) is 6. The van der Waals surface area contributed by atoms with Crippen LogP contribution in [0.15, 0.2) is 96.1 Å². The summed E-state index contributed by atoms with van der Waals surface area (Å²) in [6.45, 7) is -0.781. The molecule has 2 heterocycles. The van der Waals surface area contributed by atoms with Crippen molar-refractivity contribution in [2.45, 2.75) is 35.2 Å². The van der Waals surface area contributed by atoms with Crippen LogP contribution in [0.4, 0.5) is 0 Å². The fourth-order valence-corrected chi connectivity index (χ4v) is 5.58. The van der Waals surface area contributed by atoms with E-state index in [4.69, 9.17) is 67.5 Å². The smallest absolute Gasteiger partial charge is 0.245 e. The van der Waals surface area contributed by atoms with Gasteiger partial charge < -0.3 is 40.2 Å². The lowest BCUT2D eigenvalue weighted by Gasteiger charge is -2.16. The lowest BCUT2D eigenvalue weighted by Crippen LogP contribution is -2.37. The van der Waals surface area contributed by atoms with Crippen LogP contribution in [0.2, 0.25) is 0 Å². The van der Waals surface area contributed by atoms with Crippen LogP contribution in [0, 0.1) is 0 Å². The second kappa shape index (κ2) is 24.4. The van der Waals surface area contributed by atoms with Gasteiger partial charge in [-0.25, -0.2) is 4.98 Å². The Morgan fingerprint density at radius 3 is 1.71 bits per heavy atom. The molecule has 0 amide bonds. The van der Waals surface area contributed by atoms with Gasteiger partial charge in [0.25, 0.3) is 0 Å². The highest BCUT2D eigenvalue weighted by atomic mass is 79.9. The fourth-order valence-electron chi connectivity index (χ4n) is 5.58. The van der Waals surface area contributed by atoms with E-state index in [0.717, 1.165) is 11.1 Å². The summed E-state index contributed by atoms with van der Waals surface area (Å²) < 4.78 is 9.21. The molecule has 5 aromatic rings. The van der Waals surface area contributed by atoms with Crippen molar-refractivity contribution in [3.05, 3.63) is 136 Å². The SMILES string of the molecule is COc1cc(C(=O)C2CN=C(c3ccccc3)N2)cc(CO)c1CO.COc1cc(C(=O)c2cnc(-c3ccccc3)[nH]2)cc(CO)c1CO.ClC(Cl)(Cl)Br.ClCCl. The number of aliphatic imine (C=N–C) groups is 1. The maximum atomic E-state index is 12.8. The zero-order chi connectivity index (χ0) is 42.8. The Bertz CT molecular complexity index is 2060. The number of amidine groups is 1. The summed E-state index contributed by atoms with van der Waals surface area (Å²) in [7, 11) is 2.92. The van der Waals surface area contributed by atoms with Gasteiger partial charge in [-0.1, -0.05) is 95.5 Å². The highest BCUT2D eigenvalue weighted by molar-refractivity contribution is 9.11. The molecule has 0 fully saturated rings. The molecule has 4 aromatic carbocycles. The molecule has 1 unspecified atom stereocenters. The van der Waals surface area contributed by atoms with Crippen molar-refractivity contribution >= 4 is 91.3 Å². The fraction of sp³-hybridized carbons (Fsp3) is 0.250. The van der Waals surface area contributed by atoms with E-state index in [1.807, 2.05) is 60.7 Å². The normalized spacial score (nSPS) is 13.0. The Kier molecular flexibility index (Phi) is 20.4. The van der Waals surface area contributed by atoms with Crippen molar-refractivity contribution in [3.8, 4) is 22.9 Å². The van der Waals surface area contributed by atoms with Gasteiger partial charge in [-0.05, 0) is 51.3 Å². The number of ether oxygens (including phenoxy) is 2. The molecule has 0 radical (unpaired) electrons. The molecule has 0 spiro atoms. The number of Topliss-reactive ketones (excluding diaryl/α,β-unsaturated/α-hetero) is 1. The van der Waals surface area contributed by atoms with E-state index in [2.05, 4.69) is 36.2 Å². The summed E-state index contributed by atoms with van der Waals surface area (Å²) in [6, 6.07) is 24.9. The van der Waals surface area contributed by atoms with Gasteiger partial charge >= 0.3 is 0 Å². The van der Waals surface area contributed by atoms with Gasteiger partial charge in [-0.2, -0.15) is 0 Å². The zero-order valence-corrected chi connectivity index (χ0v) is 36.4. The average molecular weight is 962 g/mol. The molecule has 58 heavy (non-hydrogen) atoms. The third-order valence-electron chi connectivity index (χ3n) is 8.22. The number of aliphatic hydroxyl groups excluding tert-OH is 4. The first kappa shape index (κ1) is 48.6. The number of aromatic nitrogens is 2. The first-order chi connectivity index (χ1) is 27.8. The van der Waals surface area contributed by atoms with Crippen LogP contribution >= 0.6 is 73.9 Å². The summed E-state index contributed by atoms with van der Waals surface area (Å²) in [5, 5.41) is 41.3. The van der Waals surface area contributed by atoms with Crippen LogP contribution < -0.4 is 14.8 Å². The number of carbonyl (C=O) groups is 2. The number of methoxy groups -OCH3 is 2. The molecule has 0 saturated heterocycles. The molecule has 1 aliphatic heterocycles. The van der Waals surface area contributed by atoms with E-state index in [1.165, 1.54) is 20.4 Å². The van der Waals surface area contributed by atoms with E-state index in [-0.39, 0.29) is 43.3 Å². The van der Waals surface area contributed by atoms with Crippen LogP contribution in [-0.4, -0.2) is 82.6 Å². The minimum absolute atomic E-state index is 0.132. The average Bonchev–Trinajstić information content (AvgIpc) is 3.94. The minimum atomic E-state index is -1.27. The Hall–Kier alpha value is -3.73. The molecule has 0 aliphatic carbocycles. The van der Waals surface area contributed by atoms with Crippen molar-refractivity contribution in [2.24, 2.45) is 4.99 Å². The van der Waals surface area contributed by atoms with Gasteiger partial charge in [0.15, 0.2) is 5.78 Å². The Labute approximate surface area is 368 Å². The number of hydrogen-bond acceptors (Lipinski definition) is 11. The number of nitrogens with one attached hydrogen (secondary N) is 2. The molecule has 18 heteroatoms. The number of aliphatic hydroxyl groups is 4. The molecule has 1 aliphatic rings. The molecular weight excluding hydrogens is 922 g/mol. The highest BCUT2D eigenvalue weighted by Crippen LogP contribution is 2.32. The van der Waals surface area contributed by atoms with Crippen LogP contribution in [0.1, 0.15) is 54.2 Å². The minimum Gasteiger partial charge on any atom is -0.496 e. The molecule has 6 rings (SSSR count). The van der Waals surface area contributed by atoms with E-state index in [1.54, 1.807) is 24.3 Å². The lowest BCUT2D eigenvalue weighted by molar-refractivity contribution is 0.0958. The van der Waals surface area contributed by atoms with Crippen LogP contribution in [0.25, 0.3) is 11.4 Å². The molecule has 1 atom stereocenters. The summed E-state index contributed by atoms with van der Waals surface area (Å²) in [5.74, 6) is 1.64. The number of ketones is 2. The van der Waals surface area contributed by atoms with Crippen LogP contribution in [-0.2, 0) is 26.4 Å². The first-order valence-corrected chi connectivity index (χ1v) is 20.0. The number of benzene rings is 4. The molecule has 0 bridgehead atoms. The van der Waals surface area contributed by atoms with E-state index in [0.29, 0.717) is 68.8 Å². The van der Waals surface area contributed by atoms with Crippen molar-refractivity contribution in [1.82, 2.24) is 15.3 Å². The molecule has 0 saturated carbocycles. The predicted molar refractivity (Wildman–Crippen MR) is 232 cm³/mol. The van der Waals surface area contributed by atoms with Gasteiger partial charge in [0, 0.05) is 33.4 Å². The number of alkyl halides is 6. The molecule has 6 N–H and O–H groups in total. The Morgan fingerprint density at radius 1 is 0.776 bits per heavy atom. The zero-order valence-electron chi connectivity index (χ0n) is 31.1. The number of halogens is 6. The quantitative estimate of drug-likeness (QED) is 0.0535. The number of aromatic amines is 1. The second-order valence-electron chi connectivity index (χ2n) is 11.8. The number of H-pyrrole nitrogens is 1. The number of carbonyl (C=O) groups excluding carboxylic acids is 2. The third kappa shape index (κ3) is 14.2. The van der Waals surface area contributed by atoms with E-state index in [9.17, 15) is 30.0 Å². The van der Waals surface area contributed by atoms with Gasteiger partial charge in [0.2, 0.25) is 8.49 Å². The van der Waals surface area contributed by atoms with Crippen molar-refractivity contribution in [3.63, 3.8) is 0 Å². The van der Waals surface area contributed by atoms with Crippen molar-refractivity contribution in [2.75, 3.05) is 26.1 Å². The predicted octanol–water partition coefficient (Wildman–Crippen LogP) is 7.71. The van der Waals surface area contributed by atoms with Gasteiger partial charge in [0.1, 0.15) is 34.9 Å². The monoisotopic (exact) mass is 958 g/mol. The number of nitrogens with zero attached hydrogens (tertiary/aromatic N) is 2. The Morgan fingerprint density at radius 2 is 1.24 bits per heavy atom. The first-order valence-electron chi connectivity index (χ1n) is 17.0. The Balaban J connectivity index is 0.000000262. The van der Waals surface area contributed by atoms with Crippen molar-refractivity contribution in [1.29, 1.82) is 0 Å². The third-order valence-corrected chi connectivity index (χ3v) is 8.22. The van der Waals surface area contributed by atoms with Crippen LogP contribution in [0.3, 0.4) is 0 Å². The summed E-state index contributed by atoms with van der Waals surface area (Å²) >= 11 is 27.1. The van der Waals surface area contributed by atoms with Gasteiger partial charge in [-0.15, -0.1) is 23.2 Å². The van der Waals surface area contributed by atoms with Gasteiger partial charge in [0.05, 0.1) is 58.7 Å².